The molecule has 0 fully saturated rings. The Morgan fingerprint density at radius 3 is 2.30 bits per heavy atom. The molecule has 1 aromatic heterocycles. The van der Waals surface area contributed by atoms with E-state index < -0.39 is 5.97 Å². The topological polar surface area (TPSA) is 85.5 Å². The molecule has 0 saturated heterocycles. The summed E-state index contributed by atoms with van der Waals surface area (Å²) in [4.78, 5) is 40.0. The van der Waals surface area contributed by atoms with Gasteiger partial charge in [0.05, 0.1) is 13.2 Å². The molecule has 6 nitrogen and oxygen atoms in total. The Bertz CT molecular complexity index is 807. The maximum absolute atomic E-state index is 12.9. The third-order valence-electron chi connectivity index (χ3n) is 4.14. The number of aromatic nitrogens is 1. The van der Waals surface area contributed by atoms with Crippen LogP contribution in [0.1, 0.15) is 57.9 Å². The molecule has 1 aromatic carbocycles. The van der Waals surface area contributed by atoms with E-state index >= 15 is 0 Å². The largest absolute Gasteiger partial charge is 0.466 e. The number of aromatic amines is 1. The molecule has 0 radical (unpaired) electrons. The van der Waals surface area contributed by atoms with E-state index in [2.05, 4.69) is 4.98 Å². The molecule has 1 N–H and O–H groups in total. The Morgan fingerprint density at radius 1 is 1.00 bits per heavy atom. The lowest BCUT2D eigenvalue weighted by molar-refractivity contribution is -0.143. The summed E-state index contributed by atoms with van der Waals surface area (Å²) in [5.74, 6) is -1.00. The van der Waals surface area contributed by atoms with E-state index in [0.29, 0.717) is 16.8 Å². The van der Waals surface area contributed by atoms with Crippen LogP contribution in [0.5, 0.6) is 0 Å². The second-order valence-electron chi connectivity index (χ2n) is 6.09. The van der Waals surface area contributed by atoms with Crippen LogP contribution in [0.15, 0.2) is 30.3 Å². The Morgan fingerprint density at radius 2 is 1.67 bits per heavy atom. The quantitative estimate of drug-likeness (QED) is 0.539. The fourth-order valence-electron chi connectivity index (χ4n) is 3.01. The molecule has 2 aromatic rings. The number of Topliss-reactive ketones (excluding diaryl/α,β-unsaturated/α-hetero) is 1. The average molecular weight is 371 g/mol. The van der Waals surface area contributed by atoms with E-state index in [0.717, 1.165) is 5.56 Å². The lowest BCUT2D eigenvalue weighted by atomic mass is 9.96. The summed E-state index contributed by atoms with van der Waals surface area (Å²) in [7, 11) is 0. The van der Waals surface area contributed by atoms with Gasteiger partial charge in [-0.1, -0.05) is 30.3 Å². The van der Waals surface area contributed by atoms with Gasteiger partial charge >= 0.3 is 11.9 Å². The van der Waals surface area contributed by atoms with Crippen LogP contribution in [0.25, 0.3) is 0 Å². The minimum atomic E-state index is -0.529. The van der Waals surface area contributed by atoms with E-state index in [-0.39, 0.29) is 49.9 Å². The van der Waals surface area contributed by atoms with Crippen LogP contribution in [0.4, 0.5) is 0 Å². The van der Waals surface area contributed by atoms with Crippen molar-refractivity contribution >= 4 is 17.7 Å². The van der Waals surface area contributed by atoms with Gasteiger partial charge in [-0.05, 0) is 38.3 Å². The van der Waals surface area contributed by atoms with Gasteiger partial charge in [-0.15, -0.1) is 0 Å². The number of ether oxygens (including phenoxy) is 2. The molecule has 0 aliphatic rings. The summed E-state index contributed by atoms with van der Waals surface area (Å²) in [5, 5.41) is 0. The predicted octanol–water partition coefficient (Wildman–Crippen LogP) is 3.42. The summed E-state index contributed by atoms with van der Waals surface area (Å²) in [6, 6.07) is 9.39. The Hall–Kier alpha value is -2.89. The van der Waals surface area contributed by atoms with E-state index in [9.17, 15) is 14.4 Å². The molecule has 6 heteroatoms. The SMILES string of the molecule is CCOC(=O)CCc1c(C(=O)OCC)[nH]c(C)c1C(=O)Cc1ccccc1. The van der Waals surface area contributed by atoms with Crippen LogP contribution in [-0.4, -0.2) is 35.9 Å². The van der Waals surface area contributed by atoms with Gasteiger partial charge in [0.25, 0.3) is 0 Å². The van der Waals surface area contributed by atoms with Crippen molar-refractivity contribution in [2.45, 2.75) is 40.0 Å². The predicted molar refractivity (Wildman–Crippen MR) is 101 cm³/mol. The number of rotatable bonds is 9. The second kappa shape index (κ2) is 9.71. The zero-order chi connectivity index (χ0) is 19.8. The van der Waals surface area contributed by atoms with Crippen molar-refractivity contribution in [3.05, 3.63) is 58.4 Å². The normalized spacial score (nSPS) is 10.5. The van der Waals surface area contributed by atoms with Crippen molar-refractivity contribution in [2.24, 2.45) is 0 Å². The number of H-pyrrole nitrogens is 1. The highest BCUT2D eigenvalue weighted by atomic mass is 16.5. The third-order valence-corrected chi connectivity index (χ3v) is 4.14. The number of esters is 2. The number of carbonyl (C=O) groups excluding carboxylic acids is 3. The molecule has 0 amide bonds. The molecule has 144 valence electrons. The van der Waals surface area contributed by atoms with Crippen LogP contribution in [0.3, 0.4) is 0 Å². The Balaban J connectivity index is 2.34. The molecule has 2 rings (SSSR count). The van der Waals surface area contributed by atoms with Gasteiger partial charge in [-0.3, -0.25) is 9.59 Å². The first-order valence-electron chi connectivity index (χ1n) is 9.09. The van der Waals surface area contributed by atoms with Crippen molar-refractivity contribution in [2.75, 3.05) is 13.2 Å². The summed E-state index contributed by atoms with van der Waals surface area (Å²) < 4.78 is 10.1. The lowest BCUT2D eigenvalue weighted by Crippen LogP contribution is -2.13. The minimum absolute atomic E-state index is 0.0865. The molecule has 0 atom stereocenters. The number of carbonyl (C=O) groups is 3. The molecule has 0 bridgehead atoms. The molecule has 27 heavy (non-hydrogen) atoms. The van der Waals surface area contributed by atoms with Crippen LogP contribution in [0.2, 0.25) is 0 Å². The van der Waals surface area contributed by atoms with Crippen molar-refractivity contribution < 1.29 is 23.9 Å². The fourth-order valence-corrected chi connectivity index (χ4v) is 3.01. The second-order valence-corrected chi connectivity index (χ2v) is 6.09. The smallest absolute Gasteiger partial charge is 0.355 e. The molecule has 0 aliphatic heterocycles. The Kier molecular flexibility index (Phi) is 7.34. The monoisotopic (exact) mass is 371 g/mol. The van der Waals surface area contributed by atoms with Crippen LogP contribution in [-0.2, 0) is 27.1 Å². The zero-order valence-corrected chi connectivity index (χ0v) is 16.0. The maximum atomic E-state index is 12.9. The molecular weight excluding hydrogens is 346 g/mol. The zero-order valence-electron chi connectivity index (χ0n) is 16.0. The summed E-state index contributed by atoms with van der Waals surface area (Å²) >= 11 is 0. The van der Waals surface area contributed by atoms with E-state index in [1.807, 2.05) is 30.3 Å². The van der Waals surface area contributed by atoms with Crippen LogP contribution >= 0.6 is 0 Å². The standard InChI is InChI=1S/C21H25NO5/c1-4-26-18(24)12-11-16-19(14(3)22-20(16)21(25)27-5-2)17(23)13-15-9-7-6-8-10-15/h6-10,22H,4-5,11-13H2,1-3H3. The number of ketones is 1. The van der Waals surface area contributed by atoms with E-state index in [1.54, 1.807) is 20.8 Å². The van der Waals surface area contributed by atoms with E-state index in [4.69, 9.17) is 9.47 Å². The summed E-state index contributed by atoms with van der Waals surface area (Å²) in [6.07, 6.45) is 0.532. The third kappa shape index (κ3) is 5.29. The Labute approximate surface area is 158 Å². The molecule has 1 heterocycles. The van der Waals surface area contributed by atoms with E-state index in [1.165, 1.54) is 0 Å². The van der Waals surface area contributed by atoms with Crippen LogP contribution < -0.4 is 0 Å². The van der Waals surface area contributed by atoms with Crippen LogP contribution in [0, 0.1) is 6.92 Å². The van der Waals surface area contributed by atoms with Gasteiger partial charge in [-0.2, -0.15) is 0 Å². The number of benzene rings is 1. The summed E-state index contributed by atoms with van der Waals surface area (Å²) in [6.45, 7) is 5.70. The number of hydrogen-bond acceptors (Lipinski definition) is 5. The lowest BCUT2D eigenvalue weighted by Gasteiger charge is -2.08. The molecular formula is C21H25NO5. The highest BCUT2D eigenvalue weighted by Crippen LogP contribution is 2.24. The van der Waals surface area contributed by atoms with Gasteiger partial charge in [0, 0.05) is 24.1 Å². The first-order valence-corrected chi connectivity index (χ1v) is 9.09. The number of nitrogens with one attached hydrogen (secondary N) is 1. The average Bonchev–Trinajstić information content (AvgIpc) is 2.98. The van der Waals surface area contributed by atoms with Crippen molar-refractivity contribution in [3.8, 4) is 0 Å². The molecule has 0 aliphatic carbocycles. The van der Waals surface area contributed by atoms with Crippen molar-refractivity contribution in [1.29, 1.82) is 0 Å². The van der Waals surface area contributed by atoms with Gasteiger partial charge in [0.1, 0.15) is 5.69 Å². The van der Waals surface area contributed by atoms with Gasteiger partial charge < -0.3 is 14.5 Å². The summed E-state index contributed by atoms with van der Waals surface area (Å²) in [5.41, 5.74) is 2.68. The minimum Gasteiger partial charge on any atom is -0.466 e. The van der Waals surface area contributed by atoms with Gasteiger partial charge in [0.2, 0.25) is 0 Å². The first-order chi connectivity index (χ1) is 13.0. The highest BCUT2D eigenvalue weighted by Gasteiger charge is 2.26. The highest BCUT2D eigenvalue weighted by molar-refractivity contribution is 6.03. The number of hydrogen-bond donors (Lipinski definition) is 1. The van der Waals surface area contributed by atoms with Gasteiger partial charge in [0.15, 0.2) is 5.78 Å². The molecule has 0 spiro atoms. The van der Waals surface area contributed by atoms with Gasteiger partial charge in [-0.25, -0.2) is 4.79 Å². The van der Waals surface area contributed by atoms with Crippen molar-refractivity contribution in [1.82, 2.24) is 4.98 Å². The van der Waals surface area contributed by atoms with Crippen molar-refractivity contribution in [3.63, 3.8) is 0 Å². The molecule has 0 saturated carbocycles. The fraction of sp³-hybridized carbons (Fsp3) is 0.381. The first kappa shape index (κ1) is 20.4. The number of aryl methyl sites for hydroxylation is 1. The maximum Gasteiger partial charge on any atom is 0.355 e. The molecule has 0 unspecified atom stereocenters.